The van der Waals surface area contributed by atoms with Gasteiger partial charge in [-0.3, -0.25) is 9.59 Å². The normalized spacial score (nSPS) is 25.0. The molecule has 2 aromatic carbocycles. The number of carbonyl (C=O) groups is 2. The highest BCUT2D eigenvalue weighted by Gasteiger charge is 2.49. The average Bonchev–Trinajstić information content (AvgIpc) is 3.40. The first kappa shape index (κ1) is 21.1. The molecule has 2 bridgehead atoms. The minimum atomic E-state index is -0.394. The maximum atomic E-state index is 13.6. The number of nitrogens with zero attached hydrogens (tertiary/aromatic N) is 2. The van der Waals surface area contributed by atoms with Crippen LogP contribution in [0.1, 0.15) is 35.6 Å². The topological polar surface area (TPSA) is 81.4 Å². The van der Waals surface area contributed by atoms with E-state index >= 15 is 0 Å². The number of amides is 1. The molecule has 1 aliphatic carbocycles. The third-order valence-corrected chi connectivity index (χ3v) is 7.75. The van der Waals surface area contributed by atoms with E-state index in [0.717, 1.165) is 48.2 Å². The summed E-state index contributed by atoms with van der Waals surface area (Å²) in [5.74, 6) is 0.790. The highest BCUT2D eigenvalue weighted by Crippen LogP contribution is 2.46. The minimum Gasteiger partial charge on any atom is -0.455 e. The summed E-state index contributed by atoms with van der Waals surface area (Å²) >= 11 is 0. The van der Waals surface area contributed by atoms with Crippen LogP contribution in [0, 0.1) is 12.8 Å². The zero-order chi connectivity index (χ0) is 23.3. The van der Waals surface area contributed by atoms with Gasteiger partial charge in [-0.1, -0.05) is 53.7 Å². The van der Waals surface area contributed by atoms with Gasteiger partial charge in [-0.15, -0.1) is 0 Å². The van der Waals surface area contributed by atoms with E-state index in [0.29, 0.717) is 35.1 Å². The number of aryl methyl sites for hydroxylation is 1. The van der Waals surface area contributed by atoms with Gasteiger partial charge < -0.3 is 19.1 Å². The highest BCUT2D eigenvalue weighted by atomic mass is 16.5. The number of esters is 1. The van der Waals surface area contributed by atoms with Gasteiger partial charge in [0.05, 0.1) is 13.1 Å². The third-order valence-electron chi connectivity index (χ3n) is 7.75. The van der Waals surface area contributed by atoms with E-state index in [-0.39, 0.29) is 18.0 Å². The Morgan fingerprint density at radius 3 is 2.32 bits per heavy atom. The standard InChI is InChI=1S/C27H27N3O4/c1-17-14-24(29-34-17)28-25(31)16-30-12-10-18(11-13-30)23(15-30)33-27(32)26-21-8-4-2-6-19(21)20-7-3-5-9-22(20)26/h2-9,14,18,23,26H,10-13,15-16H2,1H3/p+1/t18?,23-,30?/m0/s1. The molecule has 4 aliphatic rings. The third kappa shape index (κ3) is 3.60. The molecular formula is C27H28N3O4+. The van der Waals surface area contributed by atoms with E-state index in [4.69, 9.17) is 9.26 Å². The lowest BCUT2D eigenvalue weighted by atomic mass is 9.83. The second kappa shape index (κ2) is 8.09. The van der Waals surface area contributed by atoms with Crippen LogP contribution in [-0.2, 0) is 14.3 Å². The maximum absolute atomic E-state index is 13.6. The van der Waals surface area contributed by atoms with Gasteiger partial charge >= 0.3 is 5.97 Å². The van der Waals surface area contributed by atoms with Gasteiger partial charge in [0.15, 0.2) is 18.5 Å². The zero-order valence-corrected chi connectivity index (χ0v) is 19.2. The summed E-state index contributed by atoms with van der Waals surface area (Å²) in [6, 6.07) is 17.9. The molecule has 3 fully saturated rings. The molecule has 7 rings (SSSR count). The van der Waals surface area contributed by atoms with Crippen molar-refractivity contribution in [3.8, 4) is 11.1 Å². The molecule has 3 aromatic rings. The van der Waals surface area contributed by atoms with Crippen LogP contribution in [0.25, 0.3) is 11.1 Å². The molecule has 0 radical (unpaired) electrons. The molecule has 0 spiro atoms. The quantitative estimate of drug-likeness (QED) is 0.464. The second-order valence-corrected chi connectivity index (χ2v) is 9.92. The van der Waals surface area contributed by atoms with Crippen molar-refractivity contribution >= 4 is 17.7 Å². The Bertz CT molecular complexity index is 1210. The minimum absolute atomic E-state index is 0.0858. The first-order valence-electron chi connectivity index (χ1n) is 12.0. The van der Waals surface area contributed by atoms with Crippen molar-refractivity contribution in [3.05, 3.63) is 71.5 Å². The Hall–Kier alpha value is -3.45. The monoisotopic (exact) mass is 458 g/mol. The van der Waals surface area contributed by atoms with Gasteiger partial charge in [-0.05, 0) is 29.2 Å². The van der Waals surface area contributed by atoms with Gasteiger partial charge in [0.2, 0.25) is 0 Å². The average molecular weight is 459 g/mol. The number of fused-ring (bicyclic) bond motifs is 6. The number of quaternary nitrogens is 1. The van der Waals surface area contributed by atoms with Crippen molar-refractivity contribution in [1.29, 1.82) is 0 Å². The van der Waals surface area contributed by atoms with Crippen molar-refractivity contribution in [2.45, 2.75) is 31.8 Å². The number of rotatable bonds is 5. The number of benzene rings is 2. The zero-order valence-electron chi connectivity index (χ0n) is 19.2. The summed E-state index contributed by atoms with van der Waals surface area (Å²) in [6.07, 6.45) is 1.76. The highest BCUT2D eigenvalue weighted by molar-refractivity contribution is 5.93. The Balaban J connectivity index is 1.18. The number of hydrogen-bond donors (Lipinski definition) is 1. The van der Waals surface area contributed by atoms with Gasteiger partial charge in [0.1, 0.15) is 18.2 Å². The van der Waals surface area contributed by atoms with E-state index < -0.39 is 5.92 Å². The molecule has 1 amide bonds. The largest absolute Gasteiger partial charge is 0.455 e. The Kier molecular flexibility index (Phi) is 5.03. The summed E-state index contributed by atoms with van der Waals surface area (Å²) in [7, 11) is 0. The summed E-state index contributed by atoms with van der Waals surface area (Å²) < 4.78 is 11.9. The number of piperidine rings is 3. The molecule has 0 unspecified atom stereocenters. The van der Waals surface area contributed by atoms with E-state index in [1.165, 1.54) is 0 Å². The number of aromatic nitrogens is 1. The van der Waals surface area contributed by atoms with Crippen LogP contribution in [0.2, 0.25) is 0 Å². The summed E-state index contributed by atoms with van der Waals surface area (Å²) in [5, 5.41) is 6.70. The second-order valence-electron chi connectivity index (χ2n) is 9.92. The molecule has 7 heteroatoms. The summed E-state index contributed by atoms with van der Waals surface area (Å²) in [5.41, 5.74) is 4.25. The van der Waals surface area contributed by atoms with Crippen LogP contribution in [0.3, 0.4) is 0 Å². The maximum Gasteiger partial charge on any atom is 0.318 e. The lowest BCUT2D eigenvalue weighted by molar-refractivity contribution is -0.938. The molecule has 4 heterocycles. The molecule has 7 nitrogen and oxygen atoms in total. The predicted octanol–water partition coefficient (Wildman–Crippen LogP) is 3.89. The molecule has 34 heavy (non-hydrogen) atoms. The van der Waals surface area contributed by atoms with Crippen LogP contribution < -0.4 is 5.32 Å². The van der Waals surface area contributed by atoms with Crippen LogP contribution in [0.5, 0.6) is 0 Å². The van der Waals surface area contributed by atoms with Crippen LogP contribution in [0.4, 0.5) is 5.82 Å². The fourth-order valence-electron chi connectivity index (χ4n) is 6.12. The molecule has 1 atom stereocenters. The Morgan fingerprint density at radius 1 is 1.06 bits per heavy atom. The molecular weight excluding hydrogens is 430 g/mol. The van der Waals surface area contributed by atoms with E-state index in [2.05, 4.69) is 22.6 Å². The smallest absolute Gasteiger partial charge is 0.318 e. The van der Waals surface area contributed by atoms with Crippen molar-refractivity contribution in [2.75, 3.05) is 31.5 Å². The molecule has 0 saturated carbocycles. The first-order chi connectivity index (χ1) is 16.5. The van der Waals surface area contributed by atoms with Crippen molar-refractivity contribution in [1.82, 2.24) is 5.16 Å². The first-order valence-corrected chi connectivity index (χ1v) is 12.0. The van der Waals surface area contributed by atoms with Crippen molar-refractivity contribution in [3.63, 3.8) is 0 Å². The molecule has 3 saturated heterocycles. The molecule has 174 valence electrons. The van der Waals surface area contributed by atoms with E-state index in [1.807, 2.05) is 36.4 Å². The molecule has 1 aromatic heterocycles. The Morgan fingerprint density at radius 2 is 1.71 bits per heavy atom. The fraction of sp³-hybridized carbons (Fsp3) is 0.370. The number of carbonyl (C=O) groups excluding carboxylic acids is 2. The van der Waals surface area contributed by atoms with Crippen molar-refractivity contribution in [2.24, 2.45) is 5.92 Å². The molecule has 1 N–H and O–H groups in total. The lowest BCUT2D eigenvalue weighted by Gasteiger charge is -2.51. The van der Waals surface area contributed by atoms with Crippen LogP contribution in [-0.4, -0.2) is 53.8 Å². The van der Waals surface area contributed by atoms with Crippen molar-refractivity contribution < 1.29 is 23.3 Å². The lowest BCUT2D eigenvalue weighted by Crippen LogP contribution is -2.66. The summed E-state index contributed by atoms with van der Waals surface area (Å²) in [4.78, 5) is 26.3. The number of hydrogen-bond acceptors (Lipinski definition) is 5. The number of anilines is 1. The van der Waals surface area contributed by atoms with Gasteiger partial charge in [0, 0.05) is 24.8 Å². The van der Waals surface area contributed by atoms with Crippen LogP contribution in [0.15, 0.2) is 59.1 Å². The molecule has 3 aliphatic heterocycles. The van der Waals surface area contributed by atoms with Gasteiger partial charge in [0.25, 0.3) is 5.91 Å². The summed E-state index contributed by atoms with van der Waals surface area (Å²) in [6.45, 7) is 4.68. The number of nitrogens with one attached hydrogen (secondary N) is 1. The van der Waals surface area contributed by atoms with E-state index in [9.17, 15) is 9.59 Å². The fourth-order valence-corrected chi connectivity index (χ4v) is 6.12. The van der Waals surface area contributed by atoms with Crippen LogP contribution >= 0.6 is 0 Å². The predicted molar refractivity (Wildman–Crippen MR) is 126 cm³/mol. The van der Waals surface area contributed by atoms with Gasteiger partial charge in [-0.2, -0.15) is 0 Å². The number of ether oxygens (including phenoxy) is 1. The van der Waals surface area contributed by atoms with Gasteiger partial charge in [-0.25, -0.2) is 0 Å². The van der Waals surface area contributed by atoms with E-state index in [1.54, 1.807) is 13.0 Å². The Labute approximate surface area is 198 Å². The SMILES string of the molecule is Cc1cc(NC(=O)C[N+]23CCC(CC2)[C@@H](OC(=O)C2c4ccccc4-c4ccccc42)C3)no1.